The monoisotopic (exact) mass is 329 g/mol. The number of nitrogens with two attached hydrogens (primary N) is 1. The summed E-state index contributed by atoms with van der Waals surface area (Å²) in [5, 5.41) is 3.84. The van der Waals surface area contributed by atoms with E-state index in [2.05, 4.69) is 10.2 Å². The number of rotatable bonds is 4. The van der Waals surface area contributed by atoms with Gasteiger partial charge in [-0.3, -0.25) is 4.79 Å². The van der Waals surface area contributed by atoms with Crippen LogP contribution in [0.5, 0.6) is 0 Å². The molecule has 2 aromatic carbocycles. The van der Waals surface area contributed by atoms with Crippen molar-refractivity contribution in [2.75, 3.05) is 18.0 Å². The Morgan fingerprint density at radius 1 is 1.17 bits per heavy atom. The molecule has 0 aromatic heterocycles. The number of hydrogen-bond donors (Lipinski definition) is 2. The smallest absolute Gasteiger partial charge is 0.251 e. The van der Waals surface area contributed by atoms with Crippen molar-refractivity contribution in [3.8, 4) is 0 Å². The van der Waals surface area contributed by atoms with E-state index in [4.69, 9.17) is 17.3 Å². The highest BCUT2D eigenvalue weighted by atomic mass is 35.5. The topological polar surface area (TPSA) is 58.4 Å². The molecule has 1 unspecified atom stereocenters. The van der Waals surface area contributed by atoms with Crippen LogP contribution in [-0.4, -0.2) is 25.0 Å². The van der Waals surface area contributed by atoms with Gasteiger partial charge in [-0.1, -0.05) is 23.7 Å². The first-order chi connectivity index (χ1) is 11.2. The van der Waals surface area contributed by atoms with E-state index in [-0.39, 0.29) is 11.9 Å². The Balaban J connectivity index is 1.58. The van der Waals surface area contributed by atoms with Crippen LogP contribution in [0, 0.1) is 0 Å². The van der Waals surface area contributed by atoms with E-state index in [9.17, 15) is 4.79 Å². The van der Waals surface area contributed by atoms with Crippen molar-refractivity contribution in [1.29, 1.82) is 0 Å². The molecule has 4 nitrogen and oxygen atoms in total. The predicted octanol–water partition coefficient (Wildman–Crippen LogP) is 2.81. The molecule has 0 bridgehead atoms. The molecular weight excluding hydrogens is 310 g/mol. The summed E-state index contributed by atoms with van der Waals surface area (Å²) in [6.45, 7) is 2.23. The van der Waals surface area contributed by atoms with Gasteiger partial charge in [0.25, 0.3) is 5.91 Å². The number of benzene rings is 2. The molecule has 1 fully saturated rings. The van der Waals surface area contributed by atoms with E-state index in [1.54, 1.807) is 0 Å². The number of nitrogens with one attached hydrogen (secondary N) is 1. The zero-order valence-corrected chi connectivity index (χ0v) is 13.6. The number of anilines is 1. The maximum Gasteiger partial charge on any atom is 0.251 e. The average Bonchev–Trinajstić information content (AvgIpc) is 3.04. The normalized spacial score (nSPS) is 17.3. The highest BCUT2D eigenvalue weighted by molar-refractivity contribution is 6.30. The largest absolute Gasteiger partial charge is 0.369 e. The van der Waals surface area contributed by atoms with E-state index >= 15 is 0 Å². The van der Waals surface area contributed by atoms with Gasteiger partial charge in [-0.15, -0.1) is 0 Å². The Kier molecular flexibility index (Phi) is 4.84. The molecule has 1 aliphatic heterocycles. The van der Waals surface area contributed by atoms with Gasteiger partial charge >= 0.3 is 0 Å². The maximum atomic E-state index is 12.3. The molecule has 2 aromatic rings. The Morgan fingerprint density at radius 2 is 1.87 bits per heavy atom. The average molecular weight is 330 g/mol. The van der Waals surface area contributed by atoms with Gasteiger partial charge in [0.1, 0.15) is 0 Å². The second kappa shape index (κ2) is 7.02. The first kappa shape index (κ1) is 15.8. The number of hydrogen-bond acceptors (Lipinski definition) is 3. The van der Waals surface area contributed by atoms with Crippen LogP contribution in [0.3, 0.4) is 0 Å². The third-order valence-corrected chi connectivity index (χ3v) is 4.42. The first-order valence-electron chi connectivity index (χ1n) is 7.76. The zero-order chi connectivity index (χ0) is 16.2. The number of carbonyl (C=O) groups is 1. The van der Waals surface area contributed by atoms with Gasteiger partial charge in [-0.25, -0.2) is 0 Å². The van der Waals surface area contributed by atoms with Gasteiger partial charge in [-0.2, -0.15) is 0 Å². The Hall–Kier alpha value is -2.04. The molecule has 0 spiro atoms. The molecule has 0 aliphatic carbocycles. The molecule has 1 amide bonds. The molecule has 1 heterocycles. The lowest BCUT2D eigenvalue weighted by molar-refractivity contribution is 0.0940. The van der Waals surface area contributed by atoms with Gasteiger partial charge in [-0.05, 0) is 48.4 Å². The number of halogens is 1. The third kappa shape index (κ3) is 3.84. The van der Waals surface area contributed by atoms with Crippen LogP contribution in [0.1, 0.15) is 22.3 Å². The minimum Gasteiger partial charge on any atom is -0.369 e. The molecule has 3 rings (SSSR count). The van der Waals surface area contributed by atoms with E-state index in [1.807, 2.05) is 48.5 Å². The summed E-state index contributed by atoms with van der Waals surface area (Å²) in [5.74, 6) is -0.0310. The Bertz CT molecular complexity index is 670. The van der Waals surface area contributed by atoms with E-state index in [0.29, 0.717) is 12.1 Å². The lowest BCUT2D eigenvalue weighted by atomic mass is 10.1. The van der Waals surface area contributed by atoms with E-state index in [1.165, 1.54) is 0 Å². The molecular formula is C18H20ClN3O. The molecule has 0 radical (unpaired) electrons. The highest BCUT2D eigenvalue weighted by Crippen LogP contribution is 2.22. The van der Waals surface area contributed by atoms with Crippen molar-refractivity contribution >= 4 is 23.2 Å². The van der Waals surface area contributed by atoms with Crippen molar-refractivity contribution in [1.82, 2.24) is 5.32 Å². The Morgan fingerprint density at radius 3 is 2.52 bits per heavy atom. The van der Waals surface area contributed by atoms with Gasteiger partial charge in [0.05, 0.1) is 0 Å². The summed E-state index contributed by atoms with van der Waals surface area (Å²) in [5.41, 5.74) is 8.41. The molecule has 120 valence electrons. The predicted molar refractivity (Wildman–Crippen MR) is 93.9 cm³/mol. The fraction of sp³-hybridized carbons (Fsp3) is 0.278. The Labute approximate surface area is 141 Å². The molecule has 23 heavy (non-hydrogen) atoms. The molecule has 1 aliphatic rings. The zero-order valence-electron chi connectivity index (χ0n) is 12.8. The summed E-state index contributed by atoms with van der Waals surface area (Å²) in [6, 6.07) is 15.4. The molecule has 3 N–H and O–H groups in total. The van der Waals surface area contributed by atoms with E-state index in [0.717, 1.165) is 35.8 Å². The number of nitrogens with zero attached hydrogens (tertiary/aromatic N) is 1. The summed E-state index contributed by atoms with van der Waals surface area (Å²) in [7, 11) is 0. The van der Waals surface area contributed by atoms with Crippen molar-refractivity contribution in [2.45, 2.75) is 19.0 Å². The number of amides is 1. The van der Waals surface area contributed by atoms with Gasteiger partial charge in [0, 0.05) is 41.9 Å². The van der Waals surface area contributed by atoms with Gasteiger partial charge < -0.3 is 16.0 Å². The minimum absolute atomic E-state index is 0.0310. The molecule has 0 saturated carbocycles. The van der Waals surface area contributed by atoms with Gasteiger partial charge in [0.15, 0.2) is 0 Å². The van der Waals surface area contributed by atoms with Crippen LogP contribution < -0.4 is 16.0 Å². The summed E-state index contributed by atoms with van der Waals surface area (Å²) < 4.78 is 0. The highest BCUT2D eigenvalue weighted by Gasteiger charge is 2.24. The van der Waals surface area contributed by atoms with Crippen molar-refractivity contribution in [3.05, 3.63) is 64.7 Å². The van der Waals surface area contributed by atoms with Crippen LogP contribution in [0.2, 0.25) is 5.02 Å². The van der Waals surface area contributed by atoms with Crippen molar-refractivity contribution in [2.24, 2.45) is 5.73 Å². The molecule has 1 saturated heterocycles. The second-order valence-electron chi connectivity index (χ2n) is 5.78. The summed E-state index contributed by atoms with van der Waals surface area (Å²) in [4.78, 5) is 14.6. The lowest BCUT2D eigenvalue weighted by Crippen LogP contribution is -2.37. The van der Waals surface area contributed by atoms with Crippen LogP contribution in [-0.2, 0) is 6.54 Å². The fourth-order valence-electron chi connectivity index (χ4n) is 2.83. The second-order valence-corrected chi connectivity index (χ2v) is 6.22. The minimum atomic E-state index is -0.0310. The quantitative estimate of drug-likeness (QED) is 0.906. The summed E-state index contributed by atoms with van der Waals surface area (Å²) >= 11 is 5.92. The lowest BCUT2D eigenvalue weighted by Gasteiger charge is -2.19. The van der Waals surface area contributed by atoms with Crippen LogP contribution in [0.4, 0.5) is 5.69 Å². The molecule has 1 atom stereocenters. The SMILES string of the molecule is NCc1ccc(C(=O)NC2CCN(c3ccc(Cl)cc3)C2)cc1. The molecule has 5 heteroatoms. The van der Waals surface area contributed by atoms with E-state index < -0.39 is 0 Å². The van der Waals surface area contributed by atoms with Crippen molar-refractivity contribution in [3.63, 3.8) is 0 Å². The van der Waals surface area contributed by atoms with Crippen molar-refractivity contribution < 1.29 is 4.79 Å². The number of carbonyl (C=O) groups excluding carboxylic acids is 1. The third-order valence-electron chi connectivity index (χ3n) is 4.17. The summed E-state index contributed by atoms with van der Waals surface area (Å²) in [6.07, 6.45) is 0.940. The maximum absolute atomic E-state index is 12.3. The fourth-order valence-corrected chi connectivity index (χ4v) is 2.95. The first-order valence-corrected chi connectivity index (χ1v) is 8.14. The van der Waals surface area contributed by atoms with Gasteiger partial charge in [0.2, 0.25) is 0 Å². The van der Waals surface area contributed by atoms with Crippen LogP contribution >= 0.6 is 11.6 Å². The van der Waals surface area contributed by atoms with Crippen LogP contribution in [0.25, 0.3) is 0 Å². The standard InChI is InChI=1S/C18H20ClN3O/c19-15-5-7-17(8-6-15)22-10-9-16(12-22)21-18(23)14-3-1-13(11-20)2-4-14/h1-8,16H,9-12,20H2,(H,21,23). The van der Waals surface area contributed by atoms with Crippen LogP contribution in [0.15, 0.2) is 48.5 Å².